The molecular formula is C20H22BrN5O2S. The summed E-state index contributed by atoms with van der Waals surface area (Å²) in [6, 6.07) is 13.2. The highest BCUT2D eigenvalue weighted by Gasteiger charge is 2.15. The first kappa shape index (κ1) is 21.2. The van der Waals surface area contributed by atoms with Gasteiger partial charge in [-0.05, 0) is 56.7 Å². The van der Waals surface area contributed by atoms with Crippen molar-refractivity contribution in [3.05, 3.63) is 52.5 Å². The monoisotopic (exact) mass is 475 g/mol. The average Bonchev–Trinajstić information content (AvgIpc) is 3.02. The predicted octanol–water partition coefficient (Wildman–Crippen LogP) is 4.25. The first-order valence-corrected chi connectivity index (χ1v) is 10.8. The molecular weight excluding hydrogens is 454 g/mol. The fourth-order valence-electron chi connectivity index (χ4n) is 2.64. The molecule has 0 radical (unpaired) electrons. The van der Waals surface area contributed by atoms with Crippen LogP contribution < -0.4 is 15.9 Å². The molecule has 3 aromatic rings. The molecule has 2 aromatic carbocycles. The highest BCUT2D eigenvalue weighted by Crippen LogP contribution is 2.26. The minimum absolute atomic E-state index is 0.0694. The zero-order chi connectivity index (χ0) is 21.0. The Morgan fingerprint density at radius 2 is 2.07 bits per heavy atom. The number of rotatable bonds is 7. The van der Waals surface area contributed by atoms with Crippen LogP contribution in [0.2, 0.25) is 0 Å². The number of nitrogens with one attached hydrogen (secondary N) is 1. The van der Waals surface area contributed by atoms with Gasteiger partial charge in [-0.3, -0.25) is 4.79 Å². The van der Waals surface area contributed by atoms with Crippen LogP contribution in [-0.2, 0) is 4.79 Å². The Kier molecular flexibility index (Phi) is 6.81. The van der Waals surface area contributed by atoms with Gasteiger partial charge in [0.25, 0.3) is 0 Å². The Bertz CT molecular complexity index is 1020. The standard InChI is InChI=1S/C20H22BrN5O2S/c1-12(2)28-16-6-4-5-14(10-16)19-24-25-20(26(19)22)29-11-18(27)23-17-8-7-15(21)9-13(17)3/h4-10,12H,11,22H2,1-3H3,(H,23,27). The predicted molar refractivity (Wildman–Crippen MR) is 120 cm³/mol. The lowest BCUT2D eigenvalue weighted by Gasteiger charge is -2.11. The molecule has 0 fully saturated rings. The minimum atomic E-state index is -0.141. The lowest BCUT2D eigenvalue weighted by atomic mass is 10.2. The van der Waals surface area contributed by atoms with Crippen LogP contribution in [0.3, 0.4) is 0 Å². The molecule has 152 valence electrons. The van der Waals surface area contributed by atoms with E-state index >= 15 is 0 Å². The number of aromatic nitrogens is 3. The second kappa shape index (κ2) is 9.32. The third-order valence-corrected chi connectivity index (χ3v) is 5.36. The summed E-state index contributed by atoms with van der Waals surface area (Å²) in [6.07, 6.45) is 0.0694. The Morgan fingerprint density at radius 3 is 2.79 bits per heavy atom. The maximum atomic E-state index is 12.3. The Labute approximate surface area is 182 Å². The number of amides is 1. The average molecular weight is 476 g/mol. The highest BCUT2D eigenvalue weighted by molar-refractivity contribution is 9.10. The number of thioether (sulfide) groups is 1. The lowest BCUT2D eigenvalue weighted by Crippen LogP contribution is -2.17. The van der Waals surface area contributed by atoms with E-state index in [9.17, 15) is 4.79 Å². The van der Waals surface area contributed by atoms with Gasteiger partial charge in [-0.15, -0.1) is 10.2 Å². The van der Waals surface area contributed by atoms with E-state index in [0.29, 0.717) is 11.0 Å². The van der Waals surface area contributed by atoms with Crippen molar-refractivity contribution in [3.8, 4) is 17.1 Å². The first-order chi connectivity index (χ1) is 13.8. The van der Waals surface area contributed by atoms with E-state index in [1.807, 2.05) is 63.2 Å². The van der Waals surface area contributed by atoms with E-state index in [2.05, 4.69) is 31.4 Å². The summed E-state index contributed by atoms with van der Waals surface area (Å²) in [7, 11) is 0. The first-order valence-electron chi connectivity index (χ1n) is 9.00. The SMILES string of the molecule is Cc1cc(Br)ccc1NC(=O)CSc1nnc(-c2cccc(OC(C)C)c2)n1N. The molecule has 0 saturated heterocycles. The summed E-state index contributed by atoms with van der Waals surface area (Å²) in [5.74, 6) is 7.43. The molecule has 0 bridgehead atoms. The molecule has 0 atom stereocenters. The number of benzene rings is 2. The van der Waals surface area contributed by atoms with Crippen molar-refractivity contribution < 1.29 is 9.53 Å². The van der Waals surface area contributed by atoms with Gasteiger partial charge in [-0.2, -0.15) is 0 Å². The smallest absolute Gasteiger partial charge is 0.234 e. The summed E-state index contributed by atoms with van der Waals surface area (Å²) < 4.78 is 8.07. The van der Waals surface area contributed by atoms with Crippen molar-refractivity contribution in [2.45, 2.75) is 32.0 Å². The van der Waals surface area contributed by atoms with E-state index in [1.165, 1.54) is 16.4 Å². The third-order valence-electron chi connectivity index (χ3n) is 3.92. The lowest BCUT2D eigenvalue weighted by molar-refractivity contribution is -0.113. The van der Waals surface area contributed by atoms with Crippen LogP contribution in [0.25, 0.3) is 11.4 Å². The maximum absolute atomic E-state index is 12.3. The number of carbonyl (C=O) groups is 1. The number of ether oxygens (including phenoxy) is 1. The molecule has 0 aliphatic carbocycles. The number of hydrogen-bond donors (Lipinski definition) is 2. The zero-order valence-electron chi connectivity index (χ0n) is 16.3. The van der Waals surface area contributed by atoms with E-state index < -0.39 is 0 Å². The fraction of sp³-hybridized carbons (Fsp3) is 0.250. The number of aryl methyl sites for hydroxylation is 1. The van der Waals surface area contributed by atoms with Gasteiger partial charge < -0.3 is 15.9 Å². The number of nitrogens with zero attached hydrogens (tertiary/aromatic N) is 3. The molecule has 9 heteroatoms. The zero-order valence-corrected chi connectivity index (χ0v) is 18.8. The summed E-state index contributed by atoms with van der Waals surface area (Å²) in [5, 5.41) is 11.6. The van der Waals surface area contributed by atoms with E-state index in [0.717, 1.165) is 27.0 Å². The second-order valence-electron chi connectivity index (χ2n) is 6.67. The molecule has 1 aromatic heterocycles. The van der Waals surface area contributed by atoms with Crippen molar-refractivity contribution in [2.75, 3.05) is 16.9 Å². The number of halogens is 1. The number of carbonyl (C=O) groups excluding carboxylic acids is 1. The summed E-state index contributed by atoms with van der Waals surface area (Å²) in [5.41, 5.74) is 2.54. The van der Waals surface area contributed by atoms with Crippen LogP contribution >= 0.6 is 27.7 Å². The summed E-state index contributed by atoms with van der Waals surface area (Å²) >= 11 is 4.64. The van der Waals surface area contributed by atoms with Crippen molar-refractivity contribution in [1.82, 2.24) is 14.9 Å². The Morgan fingerprint density at radius 1 is 1.28 bits per heavy atom. The Hall–Kier alpha value is -2.52. The van der Waals surface area contributed by atoms with Crippen LogP contribution in [0, 0.1) is 6.92 Å². The largest absolute Gasteiger partial charge is 0.491 e. The molecule has 0 aliphatic heterocycles. The van der Waals surface area contributed by atoms with Crippen LogP contribution in [0.15, 0.2) is 52.1 Å². The molecule has 1 heterocycles. The van der Waals surface area contributed by atoms with Crippen molar-refractivity contribution in [3.63, 3.8) is 0 Å². The number of nitrogens with two attached hydrogens (primary N) is 1. The van der Waals surface area contributed by atoms with Gasteiger partial charge in [0.15, 0.2) is 5.82 Å². The van der Waals surface area contributed by atoms with Gasteiger partial charge >= 0.3 is 0 Å². The van der Waals surface area contributed by atoms with Gasteiger partial charge in [-0.25, -0.2) is 4.68 Å². The molecule has 0 saturated carbocycles. The van der Waals surface area contributed by atoms with Crippen LogP contribution in [0.4, 0.5) is 5.69 Å². The quantitative estimate of drug-likeness (QED) is 0.391. The molecule has 0 aliphatic rings. The minimum Gasteiger partial charge on any atom is -0.491 e. The van der Waals surface area contributed by atoms with Crippen molar-refractivity contribution >= 4 is 39.3 Å². The van der Waals surface area contributed by atoms with E-state index in [-0.39, 0.29) is 17.8 Å². The van der Waals surface area contributed by atoms with Crippen LogP contribution in [0.5, 0.6) is 5.75 Å². The molecule has 1 amide bonds. The number of anilines is 1. The van der Waals surface area contributed by atoms with Crippen molar-refractivity contribution in [2.24, 2.45) is 0 Å². The van der Waals surface area contributed by atoms with Gasteiger partial charge in [0.05, 0.1) is 11.9 Å². The normalized spacial score (nSPS) is 10.9. The second-order valence-corrected chi connectivity index (χ2v) is 8.52. The Balaban J connectivity index is 1.66. The van der Waals surface area contributed by atoms with Gasteiger partial charge in [0, 0.05) is 15.7 Å². The van der Waals surface area contributed by atoms with Gasteiger partial charge in [-0.1, -0.05) is 39.8 Å². The third kappa shape index (κ3) is 5.51. The van der Waals surface area contributed by atoms with Gasteiger partial charge in [0.2, 0.25) is 11.1 Å². The van der Waals surface area contributed by atoms with Crippen LogP contribution in [0.1, 0.15) is 19.4 Å². The van der Waals surface area contributed by atoms with E-state index in [1.54, 1.807) is 0 Å². The molecule has 3 rings (SSSR count). The topological polar surface area (TPSA) is 95.1 Å². The number of nitrogen functional groups attached to an aromatic ring is 1. The summed E-state index contributed by atoms with van der Waals surface area (Å²) in [6.45, 7) is 5.87. The van der Waals surface area contributed by atoms with Crippen LogP contribution in [-0.4, -0.2) is 32.6 Å². The highest BCUT2D eigenvalue weighted by atomic mass is 79.9. The molecule has 0 spiro atoms. The summed E-state index contributed by atoms with van der Waals surface area (Å²) in [4.78, 5) is 12.3. The molecule has 7 nitrogen and oxygen atoms in total. The van der Waals surface area contributed by atoms with Gasteiger partial charge in [0.1, 0.15) is 5.75 Å². The van der Waals surface area contributed by atoms with E-state index in [4.69, 9.17) is 10.6 Å². The molecule has 29 heavy (non-hydrogen) atoms. The fourth-order valence-corrected chi connectivity index (χ4v) is 3.77. The number of hydrogen-bond acceptors (Lipinski definition) is 6. The molecule has 0 unspecified atom stereocenters. The maximum Gasteiger partial charge on any atom is 0.234 e. The molecule has 3 N–H and O–H groups in total. The van der Waals surface area contributed by atoms with Crippen molar-refractivity contribution in [1.29, 1.82) is 0 Å².